The number of methoxy groups -OCH3 is 2. The van der Waals surface area contributed by atoms with Gasteiger partial charge in [0.05, 0.1) is 31.4 Å². The molecule has 0 aliphatic carbocycles. The molecule has 2 unspecified atom stereocenters. The zero-order valence-corrected chi connectivity index (χ0v) is 62.7. The number of aromatic amines is 3. The number of nitrogens with zero attached hydrogens (tertiary/aromatic N) is 7. The van der Waals surface area contributed by atoms with Gasteiger partial charge in [-0.3, -0.25) is 24.5 Å². The largest absolute Gasteiger partial charge is 0.497 e. The van der Waals surface area contributed by atoms with E-state index in [1.807, 2.05) is 164 Å². The zero-order chi connectivity index (χ0) is 69.9. The number of carbonyl (C=O) groups is 4. The molecule has 3 aliphatic heterocycles. The van der Waals surface area contributed by atoms with Gasteiger partial charge in [-0.2, -0.15) is 14.4 Å². The van der Waals surface area contributed by atoms with Crippen LogP contribution in [0, 0.1) is 10.1 Å². The molecule has 0 saturated heterocycles. The summed E-state index contributed by atoms with van der Waals surface area (Å²) in [6, 6.07) is 55.8. The van der Waals surface area contributed by atoms with Gasteiger partial charge in [-0.05, 0) is 171 Å². The van der Waals surface area contributed by atoms with Crippen LogP contribution in [0.2, 0.25) is 5.02 Å². The lowest BCUT2D eigenvalue weighted by molar-refractivity contribution is -0.384. The molecule has 3 N–H and O–H groups in total. The van der Waals surface area contributed by atoms with E-state index in [1.54, 1.807) is 55.3 Å². The summed E-state index contributed by atoms with van der Waals surface area (Å²) in [5.74, 6) is 0.0874. The quantitative estimate of drug-likeness (QED) is 0.0147. The minimum absolute atomic E-state index is 0.00939. The highest BCUT2D eigenvalue weighted by molar-refractivity contribution is 14.4. The molecule has 8 aromatic carbocycles. The van der Waals surface area contributed by atoms with Gasteiger partial charge in [0.1, 0.15) is 40.9 Å². The van der Waals surface area contributed by atoms with E-state index in [4.69, 9.17) is 31.6 Å². The van der Waals surface area contributed by atoms with Crippen LogP contribution in [-0.2, 0) is 38.9 Å². The van der Waals surface area contributed by atoms with Crippen molar-refractivity contribution in [2.45, 2.75) is 24.9 Å². The maximum atomic E-state index is 15.0. The van der Waals surface area contributed by atoms with E-state index in [1.165, 1.54) is 12.1 Å². The average Bonchev–Trinajstić information content (AvgIpc) is 1.75. The topological polar surface area (TPSA) is 233 Å². The molecule has 3 aromatic heterocycles. The number of H-pyrrole nitrogens is 3. The fourth-order valence-corrected chi connectivity index (χ4v) is 13.7. The molecular formula is C70H61ClFI3N10O10P3+. The summed E-state index contributed by atoms with van der Waals surface area (Å²) in [7, 11) is 4.30. The van der Waals surface area contributed by atoms with E-state index in [0.29, 0.717) is 78.0 Å². The van der Waals surface area contributed by atoms with Crippen molar-refractivity contribution in [2.24, 2.45) is 10.2 Å². The van der Waals surface area contributed by atoms with Crippen LogP contribution in [-0.4, -0.2) is 99.0 Å². The molecule has 0 bridgehead atoms. The van der Waals surface area contributed by atoms with Crippen LogP contribution in [0.15, 0.2) is 192 Å². The predicted octanol–water partition coefficient (Wildman–Crippen LogP) is 18.4. The highest BCUT2D eigenvalue weighted by atomic mass is 127. The van der Waals surface area contributed by atoms with Gasteiger partial charge < -0.3 is 53.3 Å². The Balaban J connectivity index is 0.000000555. The Hall–Kier alpha value is -7.68. The number of nitrogens with one attached hydrogen (secondary N) is 3. The Morgan fingerprint density at radius 2 is 1.12 bits per heavy atom. The molecule has 500 valence electrons. The molecule has 11 aromatic rings. The Labute approximate surface area is 612 Å². The first kappa shape index (κ1) is 68.8. The lowest BCUT2D eigenvalue weighted by atomic mass is 9.80. The average molecular weight is 1730 g/mol. The third-order valence-corrected chi connectivity index (χ3v) is 18.2. The first-order valence-corrected chi connectivity index (χ1v) is 43.3. The van der Waals surface area contributed by atoms with Crippen molar-refractivity contribution in [3.8, 4) is 11.5 Å². The molecule has 14 rings (SSSR count). The number of aromatic nitrogens is 3. The summed E-state index contributed by atoms with van der Waals surface area (Å²) in [6.45, 7) is 1.28. The van der Waals surface area contributed by atoms with Crippen molar-refractivity contribution in [1.29, 1.82) is 1.28 Å². The minimum Gasteiger partial charge on any atom is -0.497 e. The second kappa shape index (κ2) is 30.8. The molecular weight excluding hydrogens is 1670 g/mol. The normalized spacial score (nSPS) is 13.7. The van der Waals surface area contributed by atoms with Gasteiger partial charge in [-0.15, -0.1) is 0 Å². The van der Waals surface area contributed by atoms with Crippen LogP contribution in [0.1, 0.15) is 64.8 Å². The van der Waals surface area contributed by atoms with Crippen molar-refractivity contribution >= 4 is 186 Å². The third kappa shape index (κ3) is 14.8. The van der Waals surface area contributed by atoms with Gasteiger partial charge in [0.15, 0.2) is 66.9 Å². The Morgan fingerprint density at radius 3 is 1.57 bits per heavy atom. The van der Waals surface area contributed by atoms with E-state index >= 15 is 0 Å². The molecule has 3 aliphatic rings. The van der Waals surface area contributed by atoms with Crippen LogP contribution in [0.5, 0.6) is 11.5 Å². The zero-order valence-electron chi connectivity index (χ0n) is 53.6. The maximum Gasteiger partial charge on any atom is 0.359 e. The van der Waals surface area contributed by atoms with E-state index in [2.05, 4.69) is 91.3 Å². The number of halogens is 5. The molecule has 28 heteroatoms. The summed E-state index contributed by atoms with van der Waals surface area (Å²) in [4.78, 5) is 83.0. The van der Waals surface area contributed by atoms with E-state index < -0.39 is 25.4 Å². The Morgan fingerprint density at radius 1 is 0.663 bits per heavy atom. The molecule has 0 spiro atoms. The number of hydrogen-bond donors (Lipinski definition) is 3. The molecule has 0 fully saturated rings. The number of benzene rings is 8. The summed E-state index contributed by atoms with van der Waals surface area (Å²) in [5.41, 5.74) is 11.2. The van der Waals surface area contributed by atoms with Crippen LogP contribution < -0.4 is 29.1 Å². The number of nitro groups is 1. The van der Waals surface area contributed by atoms with Gasteiger partial charge in [0.2, 0.25) is 5.91 Å². The summed E-state index contributed by atoms with van der Waals surface area (Å²) in [5, 5.41) is 21.2. The number of fused-ring (bicyclic) bond motifs is 9. The number of ether oxygens (including phenoxy) is 3. The number of nitro benzene ring substituents is 1. The number of azo groups is 1. The molecule has 6 heterocycles. The highest BCUT2D eigenvalue weighted by Gasteiger charge is 2.40. The second-order valence-electron chi connectivity index (χ2n) is 22.7. The summed E-state index contributed by atoms with van der Waals surface area (Å²) < 4.78 is 42.6. The first-order valence-electron chi connectivity index (χ1n) is 30.9. The smallest absolute Gasteiger partial charge is 0.359 e. The SMILES string of the molecule is CN=Nc1ccc(N(COC(c2ccccc2)(c2ccc(OC)cc2)c2ccc(OC)cc2)CC(=O)N2CCc3c2ccc2[nH]c(C(=O)N4CCc5c4ccc4[nH]c(C(=O)N6CCc7c6ccc6[nH]c(C(=O)OP(F)P)cc76)cc54)cc32)cc1.O=[N+]([O-])c1cccc(Cl)c1.[2H][P+](I)(I)I. The molecule has 2 atom stereocenters. The number of carbonyl (C=O) groups excluding carboxylic acids is 4. The lowest BCUT2D eigenvalue weighted by Crippen LogP contribution is -2.43. The van der Waals surface area contributed by atoms with E-state index in [0.717, 1.165) is 83.3 Å². The van der Waals surface area contributed by atoms with Crippen molar-refractivity contribution in [3.63, 3.8) is 0 Å². The summed E-state index contributed by atoms with van der Waals surface area (Å²) >= 11 is 11.9. The number of non-ortho nitro benzene ring substituents is 1. The monoisotopic (exact) mass is 1730 g/mol. The minimum atomic E-state index is -2.45. The fraction of sp³-hybridized carbons (Fsp3) is 0.171. The van der Waals surface area contributed by atoms with E-state index in [-0.39, 0.29) is 42.4 Å². The summed E-state index contributed by atoms with van der Waals surface area (Å²) in [6.07, 6.45) is 1.74. The van der Waals surface area contributed by atoms with Crippen LogP contribution in [0.4, 0.5) is 38.3 Å². The molecule has 20 nitrogen and oxygen atoms in total. The highest BCUT2D eigenvalue weighted by Crippen LogP contribution is 2.61. The van der Waals surface area contributed by atoms with Gasteiger partial charge >= 0.3 is 5.97 Å². The molecule has 98 heavy (non-hydrogen) atoms. The standard InChI is InChI=1S/C64H56FN9O8P2.C6H4ClNO2.I3P/c1-66-70-41-13-15-42(16-14-41)71(37-81-64(38-7-5-4-6-8-38,39-9-17-43(79-2)18-10-39)40-11-19-44(80-3)20-12-40)36-60(75)72-30-27-45-48-33-54(67-51(48)21-24-57(45)72)61(76)73-31-28-46-49-34-55(68-52(49)22-25-58(46)73)62(77)74-32-29-47-50-35-56(63(78)82-84(65)83)69-53(50)23-26-59(47)74;7-5-2-1-3-6(4-5)8(9)10;1-4(2)3/h4-26,33-35,67-69H,27-32,36-37,83H2,1-3H3;1-4H;/p+1/i/hD. The van der Waals surface area contributed by atoms with Crippen molar-refractivity contribution in [1.82, 2.24) is 15.0 Å². The maximum absolute atomic E-state index is 15.0. The van der Waals surface area contributed by atoms with Crippen LogP contribution >= 0.6 is 95.6 Å². The number of amides is 3. The third-order valence-electron chi connectivity index (χ3n) is 17.3. The van der Waals surface area contributed by atoms with E-state index in [9.17, 15) is 33.5 Å². The lowest BCUT2D eigenvalue weighted by Gasteiger charge is -2.38. The second-order valence-corrected chi connectivity index (χ2v) is 50.8. The van der Waals surface area contributed by atoms with Gasteiger partial charge in [-0.1, -0.05) is 72.3 Å². The van der Waals surface area contributed by atoms with Gasteiger partial charge in [-0.25, -0.2) is 4.79 Å². The fourth-order valence-electron chi connectivity index (χ4n) is 12.9. The van der Waals surface area contributed by atoms with Gasteiger partial charge in [0.25, 0.3) is 26.9 Å². The first-order chi connectivity index (χ1) is 47.6. The Bertz CT molecular complexity index is 4860. The number of rotatable bonds is 17. The van der Waals surface area contributed by atoms with Crippen molar-refractivity contribution in [3.05, 3.63) is 248 Å². The van der Waals surface area contributed by atoms with Crippen LogP contribution in [0.25, 0.3) is 32.7 Å². The van der Waals surface area contributed by atoms with Crippen molar-refractivity contribution in [2.75, 3.05) is 73.8 Å². The molecule has 3 amide bonds. The number of anilines is 4. The van der Waals surface area contributed by atoms with Gasteiger partial charge in [0, 0.05) is 99.3 Å². The molecule has 0 radical (unpaired) electrons. The Kier molecular flexibility index (Phi) is 21.7. The van der Waals surface area contributed by atoms with Crippen LogP contribution in [0.3, 0.4) is 0 Å². The molecule has 0 saturated carbocycles. The number of hydrogen-bond acceptors (Lipinski definition) is 13. The predicted molar refractivity (Wildman–Crippen MR) is 416 cm³/mol. The van der Waals surface area contributed by atoms with Crippen molar-refractivity contribution < 1.29 is 47.0 Å².